The Morgan fingerprint density at radius 2 is 1.72 bits per heavy atom. The molecule has 29 heavy (non-hydrogen) atoms. The van der Waals surface area contributed by atoms with Gasteiger partial charge in [-0.25, -0.2) is 4.39 Å². The van der Waals surface area contributed by atoms with Crippen molar-refractivity contribution in [1.29, 1.82) is 0 Å². The van der Waals surface area contributed by atoms with Crippen LogP contribution < -0.4 is 15.0 Å². The maximum Gasteiger partial charge on any atom is 0.279 e. The minimum atomic E-state index is -0.482. The molecule has 0 atom stereocenters. The Balaban J connectivity index is 1.43. The van der Waals surface area contributed by atoms with Crippen LogP contribution in [0.1, 0.15) is 11.1 Å². The summed E-state index contributed by atoms with van der Waals surface area (Å²) in [5.74, 6) is -0.606. The Morgan fingerprint density at radius 1 is 1.07 bits per heavy atom. The first-order chi connectivity index (χ1) is 13.9. The van der Waals surface area contributed by atoms with Gasteiger partial charge in [-0.15, -0.1) is 0 Å². The normalized spacial score (nSPS) is 14.5. The molecule has 7 heteroatoms. The van der Waals surface area contributed by atoms with Gasteiger partial charge in [0.15, 0.2) is 24.7 Å². The van der Waals surface area contributed by atoms with E-state index in [9.17, 15) is 14.0 Å². The smallest absolute Gasteiger partial charge is 0.279 e. The minimum Gasteiger partial charge on any atom is -0.481 e. The van der Waals surface area contributed by atoms with Gasteiger partial charge in [-0.05, 0) is 37.1 Å². The number of piperazine rings is 1. The fraction of sp³-hybridized carbons (Fsp3) is 0.364. The van der Waals surface area contributed by atoms with Crippen LogP contribution >= 0.6 is 0 Å². The zero-order chi connectivity index (χ0) is 20.8. The van der Waals surface area contributed by atoms with E-state index in [1.54, 1.807) is 17.0 Å². The fourth-order valence-corrected chi connectivity index (χ4v) is 3.46. The molecule has 1 heterocycles. The SMILES string of the molecule is Cc1cccc(C)c1NC(=O)C[NH+]1CCN(C(=O)COc2ccccc2F)CC1. The summed E-state index contributed by atoms with van der Waals surface area (Å²) in [6.45, 7) is 6.59. The number of benzene rings is 2. The number of carbonyl (C=O) groups is 2. The van der Waals surface area contributed by atoms with Crippen molar-refractivity contribution < 1.29 is 23.6 Å². The topological polar surface area (TPSA) is 63.1 Å². The van der Waals surface area contributed by atoms with E-state index in [2.05, 4.69) is 5.32 Å². The van der Waals surface area contributed by atoms with Crippen LogP contribution in [0.15, 0.2) is 42.5 Å². The monoisotopic (exact) mass is 400 g/mol. The van der Waals surface area contributed by atoms with Gasteiger partial charge in [0.25, 0.3) is 11.8 Å². The third-order valence-electron chi connectivity index (χ3n) is 5.17. The second-order valence-corrected chi connectivity index (χ2v) is 7.34. The molecule has 0 unspecified atom stereocenters. The standard InChI is InChI=1S/C22H26FN3O3/c1-16-6-5-7-17(2)22(16)24-20(27)14-25-10-12-26(13-11-25)21(28)15-29-19-9-4-3-8-18(19)23/h3-9H,10-15H2,1-2H3,(H,24,27)/p+1. The van der Waals surface area contributed by atoms with Gasteiger partial charge in [-0.1, -0.05) is 30.3 Å². The van der Waals surface area contributed by atoms with E-state index in [0.717, 1.165) is 21.7 Å². The molecular formula is C22H27FN3O3+. The Bertz CT molecular complexity index is 859. The summed E-state index contributed by atoms with van der Waals surface area (Å²) in [4.78, 5) is 27.6. The van der Waals surface area contributed by atoms with Crippen molar-refractivity contribution in [2.24, 2.45) is 0 Å². The van der Waals surface area contributed by atoms with Crippen LogP contribution in [0.5, 0.6) is 5.75 Å². The summed E-state index contributed by atoms with van der Waals surface area (Å²) < 4.78 is 18.9. The number of nitrogens with one attached hydrogen (secondary N) is 2. The van der Waals surface area contributed by atoms with Crippen molar-refractivity contribution >= 4 is 17.5 Å². The number of anilines is 1. The Hall–Kier alpha value is -2.93. The molecule has 3 rings (SSSR count). The molecule has 2 aromatic rings. The van der Waals surface area contributed by atoms with Crippen LogP contribution in [0.4, 0.5) is 10.1 Å². The molecule has 1 saturated heterocycles. The lowest BCUT2D eigenvalue weighted by Gasteiger charge is -2.31. The fourth-order valence-electron chi connectivity index (χ4n) is 3.46. The van der Waals surface area contributed by atoms with E-state index in [0.29, 0.717) is 32.7 Å². The molecule has 2 aromatic carbocycles. The van der Waals surface area contributed by atoms with Crippen molar-refractivity contribution in [3.8, 4) is 5.75 Å². The molecule has 0 saturated carbocycles. The van der Waals surface area contributed by atoms with Crippen LogP contribution in [-0.2, 0) is 9.59 Å². The molecule has 0 bridgehead atoms. The van der Waals surface area contributed by atoms with E-state index in [-0.39, 0.29) is 24.2 Å². The number of quaternary nitrogens is 1. The molecule has 0 spiro atoms. The summed E-state index contributed by atoms with van der Waals surface area (Å²) in [6.07, 6.45) is 0. The summed E-state index contributed by atoms with van der Waals surface area (Å²) >= 11 is 0. The van der Waals surface area contributed by atoms with E-state index in [1.165, 1.54) is 12.1 Å². The molecule has 0 aliphatic carbocycles. The summed E-state index contributed by atoms with van der Waals surface area (Å²) in [7, 11) is 0. The Morgan fingerprint density at radius 3 is 2.38 bits per heavy atom. The molecule has 2 amide bonds. The van der Waals surface area contributed by atoms with E-state index in [1.807, 2.05) is 32.0 Å². The molecule has 154 valence electrons. The second kappa shape index (κ2) is 9.52. The molecule has 6 nitrogen and oxygen atoms in total. The lowest BCUT2D eigenvalue weighted by molar-refractivity contribution is -0.895. The number of hydrogen-bond donors (Lipinski definition) is 2. The molecule has 0 radical (unpaired) electrons. The van der Waals surface area contributed by atoms with E-state index in [4.69, 9.17) is 4.74 Å². The van der Waals surface area contributed by atoms with Crippen molar-refractivity contribution in [2.75, 3.05) is 44.6 Å². The number of hydrogen-bond acceptors (Lipinski definition) is 3. The van der Waals surface area contributed by atoms with Gasteiger partial charge < -0.3 is 19.9 Å². The van der Waals surface area contributed by atoms with Gasteiger partial charge in [0.1, 0.15) is 0 Å². The van der Waals surface area contributed by atoms with E-state index >= 15 is 0 Å². The van der Waals surface area contributed by atoms with Gasteiger partial charge in [-0.2, -0.15) is 0 Å². The van der Waals surface area contributed by atoms with Crippen LogP contribution in [-0.4, -0.2) is 56.0 Å². The highest BCUT2D eigenvalue weighted by Crippen LogP contribution is 2.19. The first-order valence-electron chi connectivity index (χ1n) is 9.79. The van der Waals surface area contributed by atoms with Crippen molar-refractivity contribution in [3.63, 3.8) is 0 Å². The summed E-state index contributed by atoms with van der Waals surface area (Å²) in [5.41, 5.74) is 2.95. The van der Waals surface area contributed by atoms with Crippen LogP contribution in [0.25, 0.3) is 0 Å². The van der Waals surface area contributed by atoms with Crippen LogP contribution in [0.3, 0.4) is 0 Å². The first kappa shape index (κ1) is 20.8. The summed E-state index contributed by atoms with van der Waals surface area (Å²) in [5, 5.41) is 3.01. The maximum absolute atomic E-state index is 13.6. The van der Waals surface area contributed by atoms with Gasteiger partial charge in [0.05, 0.1) is 26.2 Å². The second-order valence-electron chi connectivity index (χ2n) is 7.34. The van der Waals surface area contributed by atoms with Gasteiger partial charge in [0.2, 0.25) is 0 Å². The molecule has 0 aromatic heterocycles. The van der Waals surface area contributed by atoms with Crippen LogP contribution in [0, 0.1) is 19.7 Å². The highest BCUT2D eigenvalue weighted by molar-refractivity contribution is 5.93. The number of carbonyl (C=O) groups excluding carboxylic acids is 2. The lowest BCUT2D eigenvalue weighted by Crippen LogP contribution is -3.15. The number of halogens is 1. The quantitative estimate of drug-likeness (QED) is 0.766. The average Bonchev–Trinajstić information content (AvgIpc) is 2.70. The first-order valence-corrected chi connectivity index (χ1v) is 9.79. The van der Waals surface area contributed by atoms with E-state index < -0.39 is 5.82 Å². The van der Waals surface area contributed by atoms with Gasteiger partial charge >= 0.3 is 0 Å². The Kier molecular flexibility index (Phi) is 6.82. The van der Waals surface area contributed by atoms with Crippen molar-refractivity contribution in [2.45, 2.75) is 13.8 Å². The predicted octanol–water partition coefficient (Wildman–Crippen LogP) is 1.19. The number of aryl methyl sites for hydroxylation is 2. The molecule has 2 N–H and O–H groups in total. The number of rotatable bonds is 6. The third kappa shape index (κ3) is 5.54. The van der Waals surface area contributed by atoms with Crippen LogP contribution in [0.2, 0.25) is 0 Å². The highest BCUT2D eigenvalue weighted by atomic mass is 19.1. The Labute approximate surface area is 170 Å². The molecule has 1 aliphatic rings. The van der Waals surface area contributed by atoms with Crippen molar-refractivity contribution in [1.82, 2.24) is 4.90 Å². The van der Waals surface area contributed by atoms with Gasteiger partial charge in [0, 0.05) is 5.69 Å². The lowest BCUT2D eigenvalue weighted by atomic mass is 10.1. The molecule has 1 aliphatic heterocycles. The molecule has 1 fully saturated rings. The summed E-state index contributed by atoms with van der Waals surface area (Å²) in [6, 6.07) is 12.0. The predicted molar refractivity (Wildman–Crippen MR) is 109 cm³/mol. The third-order valence-corrected chi connectivity index (χ3v) is 5.17. The zero-order valence-electron chi connectivity index (χ0n) is 16.8. The average molecular weight is 400 g/mol. The number of amides is 2. The minimum absolute atomic E-state index is 0.0277. The number of ether oxygens (including phenoxy) is 1. The number of para-hydroxylation sites is 2. The largest absolute Gasteiger partial charge is 0.481 e. The van der Waals surface area contributed by atoms with Crippen molar-refractivity contribution in [3.05, 3.63) is 59.4 Å². The molecular weight excluding hydrogens is 373 g/mol. The maximum atomic E-state index is 13.6. The zero-order valence-corrected chi connectivity index (χ0v) is 16.8. The number of nitrogens with zero attached hydrogens (tertiary/aromatic N) is 1. The van der Waals surface area contributed by atoms with Gasteiger partial charge in [-0.3, -0.25) is 9.59 Å². The highest BCUT2D eigenvalue weighted by Gasteiger charge is 2.25.